The molecule has 30 heavy (non-hydrogen) atoms. The van der Waals surface area contributed by atoms with Crippen LogP contribution in [-0.4, -0.2) is 27.4 Å². The van der Waals surface area contributed by atoms with Crippen LogP contribution in [-0.2, 0) is 12.8 Å². The van der Waals surface area contributed by atoms with E-state index in [2.05, 4.69) is 41.5 Å². The van der Waals surface area contributed by atoms with E-state index in [0.29, 0.717) is 17.2 Å². The van der Waals surface area contributed by atoms with Gasteiger partial charge in [-0.3, -0.25) is 9.89 Å². The molecule has 156 valence electrons. The molecule has 1 aliphatic carbocycles. The Balaban J connectivity index is 1.50. The minimum absolute atomic E-state index is 0.119. The number of hydrogen-bond acceptors (Lipinski definition) is 4. The average molecular weight is 405 g/mol. The minimum atomic E-state index is -0.333. The van der Waals surface area contributed by atoms with E-state index in [1.54, 1.807) is 6.07 Å². The Kier molecular flexibility index (Phi) is 5.33. The number of phenolic OH excluding ortho intramolecular Hbond substituents is 1. The van der Waals surface area contributed by atoms with Crippen molar-refractivity contribution < 1.29 is 9.90 Å². The summed E-state index contributed by atoms with van der Waals surface area (Å²) in [5.41, 5.74) is 5.90. The van der Waals surface area contributed by atoms with Crippen molar-refractivity contribution in [3.8, 4) is 5.75 Å². The Bertz CT molecular complexity index is 1110. The summed E-state index contributed by atoms with van der Waals surface area (Å²) in [6.45, 7) is 6.76. The number of hydrazone groups is 1. The third kappa shape index (κ3) is 4.22. The van der Waals surface area contributed by atoms with Crippen LogP contribution in [0.15, 0.2) is 41.5 Å². The monoisotopic (exact) mass is 404 g/mol. The fourth-order valence-corrected chi connectivity index (χ4v) is 4.42. The molecule has 1 atom stereocenters. The van der Waals surface area contributed by atoms with Gasteiger partial charge in [-0.25, -0.2) is 5.43 Å². The number of benzene rings is 2. The summed E-state index contributed by atoms with van der Waals surface area (Å²) >= 11 is 0. The van der Waals surface area contributed by atoms with Crippen LogP contribution in [0.2, 0.25) is 0 Å². The van der Waals surface area contributed by atoms with Gasteiger partial charge < -0.3 is 5.11 Å². The fourth-order valence-electron chi connectivity index (χ4n) is 4.42. The van der Waals surface area contributed by atoms with E-state index in [1.807, 2.05) is 30.3 Å². The number of fused-ring (bicyclic) bond motifs is 2. The van der Waals surface area contributed by atoms with Crippen LogP contribution in [0.5, 0.6) is 5.75 Å². The van der Waals surface area contributed by atoms with Crippen LogP contribution in [0.4, 0.5) is 0 Å². The maximum atomic E-state index is 12.7. The molecule has 1 amide bonds. The van der Waals surface area contributed by atoms with Crippen LogP contribution >= 0.6 is 0 Å². The molecular formula is C24H28N4O2. The highest BCUT2D eigenvalue weighted by atomic mass is 16.3. The van der Waals surface area contributed by atoms with E-state index in [1.165, 1.54) is 6.21 Å². The van der Waals surface area contributed by atoms with Crippen molar-refractivity contribution in [2.45, 2.75) is 46.5 Å². The van der Waals surface area contributed by atoms with Crippen molar-refractivity contribution in [1.29, 1.82) is 0 Å². The number of nitrogens with zero attached hydrogens (tertiary/aromatic N) is 2. The van der Waals surface area contributed by atoms with Gasteiger partial charge in [0, 0.05) is 16.8 Å². The predicted octanol–water partition coefficient (Wildman–Crippen LogP) is 4.57. The van der Waals surface area contributed by atoms with Crippen LogP contribution in [0.1, 0.15) is 60.9 Å². The Hall–Kier alpha value is -3.15. The summed E-state index contributed by atoms with van der Waals surface area (Å²) in [4.78, 5) is 12.7. The molecule has 6 heteroatoms. The van der Waals surface area contributed by atoms with Crippen LogP contribution in [0.25, 0.3) is 10.8 Å². The van der Waals surface area contributed by atoms with Gasteiger partial charge in [0.05, 0.1) is 6.21 Å². The molecule has 0 fully saturated rings. The molecule has 2 aromatic carbocycles. The molecule has 3 aromatic rings. The predicted molar refractivity (Wildman–Crippen MR) is 119 cm³/mol. The number of carbonyl (C=O) groups excluding carboxylic acids is 1. The first-order chi connectivity index (χ1) is 14.3. The lowest BCUT2D eigenvalue weighted by Crippen LogP contribution is -2.24. The maximum Gasteiger partial charge on any atom is 0.292 e. The zero-order valence-corrected chi connectivity index (χ0v) is 17.7. The third-order valence-corrected chi connectivity index (χ3v) is 5.67. The molecule has 0 spiro atoms. The number of aryl methyl sites for hydroxylation is 1. The molecule has 4 rings (SSSR count). The van der Waals surface area contributed by atoms with Gasteiger partial charge in [0.15, 0.2) is 5.69 Å². The van der Waals surface area contributed by atoms with Gasteiger partial charge in [0.25, 0.3) is 5.91 Å². The summed E-state index contributed by atoms with van der Waals surface area (Å²) < 4.78 is 0. The number of amides is 1. The molecule has 0 saturated heterocycles. The smallest absolute Gasteiger partial charge is 0.292 e. The second-order valence-corrected chi connectivity index (χ2v) is 9.32. The molecule has 0 aliphatic heterocycles. The van der Waals surface area contributed by atoms with E-state index >= 15 is 0 Å². The molecule has 1 unspecified atom stereocenters. The van der Waals surface area contributed by atoms with Crippen LogP contribution < -0.4 is 5.43 Å². The summed E-state index contributed by atoms with van der Waals surface area (Å²) in [6.07, 6.45) is 5.50. The standard InChI is InChI=1S/C24H28N4O2/c1-24(2,3)13-15-8-10-20-18(12-15)22(27-26-20)23(30)28-25-14-19-17-7-5-4-6-16(17)9-11-21(19)29/h4-7,9,11,14-15,29H,8,10,12-13H2,1-3H3,(H,26,27)(H,28,30). The van der Waals surface area contributed by atoms with E-state index in [0.717, 1.165) is 47.7 Å². The van der Waals surface area contributed by atoms with Crippen LogP contribution in [0.3, 0.4) is 0 Å². The fraction of sp³-hybridized carbons (Fsp3) is 0.375. The van der Waals surface area contributed by atoms with Crippen molar-refractivity contribution in [1.82, 2.24) is 15.6 Å². The van der Waals surface area contributed by atoms with Gasteiger partial charge in [0.1, 0.15) is 5.75 Å². The van der Waals surface area contributed by atoms with Crippen molar-refractivity contribution in [2.24, 2.45) is 16.4 Å². The van der Waals surface area contributed by atoms with Gasteiger partial charge in [0.2, 0.25) is 0 Å². The number of H-pyrrole nitrogens is 1. The number of aromatic amines is 1. The largest absolute Gasteiger partial charge is 0.507 e. The van der Waals surface area contributed by atoms with Crippen LogP contribution in [0, 0.1) is 11.3 Å². The number of nitrogens with one attached hydrogen (secondary N) is 2. The van der Waals surface area contributed by atoms with Crippen molar-refractivity contribution >= 4 is 22.9 Å². The summed E-state index contributed by atoms with van der Waals surface area (Å²) in [6, 6.07) is 11.2. The third-order valence-electron chi connectivity index (χ3n) is 5.67. The highest BCUT2D eigenvalue weighted by Gasteiger charge is 2.29. The van der Waals surface area contributed by atoms with E-state index in [4.69, 9.17) is 0 Å². The van der Waals surface area contributed by atoms with Gasteiger partial charge in [-0.05, 0) is 53.9 Å². The molecule has 1 aromatic heterocycles. The molecular weight excluding hydrogens is 376 g/mol. The van der Waals surface area contributed by atoms with Gasteiger partial charge in [-0.1, -0.05) is 51.1 Å². The zero-order chi connectivity index (χ0) is 21.3. The number of carbonyl (C=O) groups is 1. The lowest BCUT2D eigenvalue weighted by molar-refractivity contribution is 0.0948. The molecule has 0 saturated carbocycles. The van der Waals surface area contributed by atoms with Crippen molar-refractivity contribution in [3.63, 3.8) is 0 Å². The Labute approximate surface area is 176 Å². The molecule has 0 bridgehead atoms. The van der Waals surface area contributed by atoms with E-state index in [-0.39, 0.29) is 17.1 Å². The highest BCUT2D eigenvalue weighted by Crippen LogP contribution is 2.34. The van der Waals surface area contributed by atoms with E-state index in [9.17, 15) is 9.90 Å². The summed E-state index contributed by atoms with van der Waals surface area (Å²) in [5, 5.41) is 23.5. The number of hydrogen-bond donors (Lipinski definition) is 3. The summed E-state index contributed by atoms with van der Waals surface area (Å²) in [5.74, 6) is 0.339. The van der Waals surface area contributed by atoms with Crippen molar-refractivity contribution in [3.05, 3.63) is 58.9 Å². The SMILES string of the molecule is CC(C)(C)CC1CCc2[nH]nc(C(=O)NN=Cc3c(O)ccc4ccccc34)c2C1. The first kappa shape index (κ1) is 20.1. The topological polar surface area (TPSA) is 90.4 Å². The number of aromatic nitrogens is 2. The zero-order valence-electron chi connectivity index (χ0n) is 17.7. The first-order valence-corrected chi connectivity index (χ1v) is 10.4. The van der Waals surface area contributed by atoms with Gasteiger partial charge >= 0.3 is 0 Å². The van der Waals surface area contributed by atoms with E-state index < -0.39 is 0 Å². The number of aromatic hydroxyl groups is 1. The maximum absolute atomic E-state index is 12.7. The Morgan fingerprint density at radius 3 is 2.90 bits per heavy atom. The quantitative estimate of drug-likeness (QED) is 0.439. The van der Waals surface area contributed by atoms with Crippen molar-refractivity contribution in [2.75, 3.05) is 0 Å². The normalized spacial score (nSPS) is 16.7. The Morgan fingerprint density at radius 2 is 2.10 bits per heavy atom. The number of phenols is 1. The molecule has 3 N–H and O–H groups in total. The molecule has 0 radical (unpaired) electrons. The minimum Gasteiger partial charge on any atom is -0.507 e. The average Bonchev–Trinajstić information content (AvgIpc) is 3.11. The first-order valence-electron chi connectivity index (χ1n) is 10.4. The lowest BCUT2D eigenvalue weighted by atomic mass is 9.76. The summed E-state index contributed by atoms with van der Waals surface area (Å²) in [7, 11) is 0. The second kappa shape index (κ2) is 7.94. The number of rotatable bonds is 4. The molecule has 1 heterocycles. The molecule has 1 aliphatic rings. The Morgan fingerprint density at radius 1 is 1.30 bits per heavy atom. The van der Waals surface area contributed by atoms with Gasteiger partial charge in [-0.15, -0.1) is 0 Å². The lowest BCUT2D eigenvalue weighted by Gasteiger charge is -2.28. The highest BCUT2D eigenvalue weighted by molar-refractivity contribution is 6.03. The van der Waals surface area contributed by atoms with Gasteiger partial charge in [-0.2, -0.15) is 10.2 Å². The molecule has 6 nitrogen and oxygen atoms in total. The second-order valence-electron chi connectivity index (χ2n) is 9.32.